The molecule has 3 heteroatoms. The van der Waals surface area contributed by atoms with Gasteiger partial charge in [-0.3, -0.25) is 0 Å². The van der Waals surface area contributed by atoms with Gasteiger partial charge in [-0.2, -0.15) is 0 Å². The lowest BCUT2D eigenvalue weighted by molar-refractivity contribution is 0.00680. The van der Waals surface area contributed by atoms with Gasteiger partial charge in [0.15, 0.2) is 0 Å². The molecule has 1 heterocycles. The van der Waals surface area contributed by atoms with Crippen LogP contribution in [0.1, 0.15) is 18.6 Å². The fraction of sp³-hybridized carbons (Fsp3) is 0.455. The van der Waals surface area contributed by atoms with Gasteiger partial charge >= 0.3 is 0 Å². The van der Waals surface area contributed by atoms with Crippen molar-refractivity contribution in [1.29, 1.82) is 0 Å². The molecular weight excluding hydrogens is 181 g/mol. The molecule has 0 amide bonds. The Balaban J connectivity index is 2.08. The normalized spacial score (nSPS) is 27.6. The molecule has 1 saturated heterocycles. The zero-order valence-corrected chi connectivity index (χ0v) is 8.16. The van der Waals surface area contributed by atoms with E-state index in [4.69, 9.17) is 4.74 Å². The van der Waals surface area contributed by atoms with Crippen LogP contribution in [0.4, 0.5) is 4.39 Å². The maximum atomic E-state index is 12.9. The molecule has 0 saturated carbocycles. The summed E-state index contributed by atoms with van der Waals surface area (Å²) >= 11 is 0. The topological polar surface area (TPSA) is 21.3 Å². The number of ether oxygens (including phenoxy) is 1. The zero-order chi connectivity index (χ0) is 9.97. The molecule has 0 spiro atoms. The van der Waals surface area contributed by atoms with Gasteiger partial charge in [0, 0.05) is 12.6 Å². The van der Waals surface area contributed by atoms with Crippen LogP contribution in [0.3, 0.4) is 0 Å². The van der Waals surface area contributed by atoms with Crippen LogP contribution in [-0.2, 0) is 4.74 Å². The summed E-state index contributed by atoms with van der Waals surface area (Å²) < 4.78 is 18.5. The third-order valence-electron chi connectivity index (χ3n) is 2.42. The molecule has 0 bridgehead atoms. The van der Waals surface area contributed by atoms with E-state index in [-0.39, 0.29) is 11.9 Å². The lowest BCUT2D eigenvalue weighted by Crippen LogP contribution is -2.40. The van der Waals surface area contributed by atoms with Crippen molar-refractivity contribution in [3.8, 4) is 0 Å². The van der Waals surface area contributed by atoms with Crippen LogP contribution in [0.5, 0.6) is 0 Å². The highest BCUT2D eigenvalue weighted by Crippen LogP contribution is 2.20. The second-order valence-corrected chi connectivity index (χ2v) is 3.69. The van der Waals surface area contributed by atoms with Crippen LogP contribution in [0, 0.1) is 5.82 Å². The molecule has 0 radical (unpaired) electrons. The Morgan fingerprint density at radius 3 is 3.00 bits per heavy atom. The smallest absolute Gasteiger partial charge is 0.123 e. The third kappa shape index (κ3) is 2.11. The van der Waals surface area contributed by atoms with E-state index in [9.17, 15) is 4.39 Å². The number of hydrogen-bond acceptors (Lipinski definition) is 2. The monoisotopic (exact) mass is 195 g/mol. The first-order valence-electron chi connectivity index (χ1n) is 4.86. The average molecular weight is 195 g/mol. The van der Waals surface area contributed by atoms with Crippen molar-refractivity contribution < 1.29 is 9.13 Å². The summed E-state index contributed by atoms with van der Waals surface area (Å²) in [7, 11) is 0. The van der Waals surface area contributed by atoms with Crippen LogP contribution < -0.4 is 5.32 Å². The highest BCUT2D eigenvalue weighted by Gasteiger charge is 2.19. The second kappa shape index (κ2) is 4.07. The molecule has 2 rings (SSSR count). The Hall–Kier alpha value is -0.930. The Kier molecular flexibility index (Phi) is 2.79. The molecule has 0 aromatic heterocycles. The van der Waals surface area contributed by atoms with Gasteiger partial charge in [0.1, 0.15) is 5.82 Å². The van der Waals surface area contributed by atoms with Crippen LogP contribution in [0.25, 0.3) is 0 Å². The van der Waals surface area contributed by atoms with Crippen molar-refractivity contribution >= 4 is 0 Å². The first-order valence-corrected chi connectivity index (χ1v) is 4.86. The average Bonchev–Trinajstić information content (AvgIpc) is 2.19. The van der Waals surface area contributed by atoms with Crippen LogP contribution in [0.2, 0.25) is 0 Å². The van der Waals surface area contributed by atoms with Gasteiger partial charge in [-0.15, -0.1) is 0 Å². The van der Waals surface area contributed by atoms with E-state index in [1.54, 1.807) is 6.07 Å². The molecule has 1 aromatic rings. The Morgan fingerprint density at radius 2 is 2.36 bits per heavy atom. The summed E-state index contributed by atoms with van der Waals surface area (Å²) in [4.78, 5) is 0. The number of rotatable bonds is 1. The Morgan fingerprint density at radius 1 is 1.50 bits per heavy atom. The number of hydrogen-bond donors (Lipinski definition) is 1. The summed E-state index contributed by atoms with van der Waals surface area (Å²) in [6.45, 7) is 3.51. The first kappa shape index (κ1) is 9.62. The van der Waals surface area contributed by atoms with Gasteiger partial charge in [-0.25, -0.2) is 4.39 Å². The number of benzene rings is 1. The fourth-order valence-corrected chi connectivity index (χ4v) is 1.61. The predicted molar refractivity (Wildman–Crippen MR) is 52.6 cm³/mol. The minimum absolute atomic E-state index is 0.0121. The fourth-order valence-electron chi connectivity index (χ4n) is 1.61. The third-order valence-corrected chi connectivity index (χ3v) is 2.42. The summed E-state index contributed by atoms with van der Waals surface area (Å²) in [6, 6.07) is 6.97. The van der Waals surface area contributed by atoms with Crippen LogP contribution in [-0.4, -0.2) is 19.2 Å². The molecular formula is C11H14FNO. The Bertz CT molecular complexity index is 308. The second-order valence-electron chi connectivity index (χ2n) is 3.69. The van der Waals surface area contributed by atoms with Crippen molar-refractivity contribution in [3.05, 3.63) is 35.6 Å². The number of nitrogens with one attached hydrogen (secondary N) is 1. The summed E-state index contributed by atoms with van der Waals surface area (Å²) in [6.07, 6.45) is -0.0121. The van der Waals surface area contributed by atoms with Crippen molar-refractivity contribution in [2.45, 2.75) is 19.1 Å². The molecule has 1 fully saturated rings. The number of morpholine rings is 1. The maximum absolute atomic E-state index is 12.9. The van der Waals surface area contributed by atoms with Gasteiger partial charge in [-0.1, -0.05) is 12.1 Å². The summed E-state index contributed by atoms with van der Waals surface area (Å²) in [5.41, 5.74) is 0.907. The molecule has 14 heavy (non-hydrogen) atoms. The largest absolute Gasteiger partial charge is 0.371 e. The van der Waals surface area contributed by atoms with E-state index in [0.29, 0.717) is 12.6 Å². The molecule has 1 aromatic carbocycles. The SMILES string of the molecule is C[C@@H]1CO[C@H](c2cccc(F)c2)CN1. The van der Waals surface area contributed by atoms with E-state index in [0.717, 1.165) is 12.1 Å². The van der Waals surface area contributed by atoms with Crippen LogP contribution >= 0.6 is 0 Å². The van der Waals surface area contributed by atoms with Crippen molar-refractivity contribution in [2.75, 3.05) is 13.2 Å². The Labute approximate surface area is 83.1 Å². The molecule has 1 aliphatic heterocycles. The molecule has 1 aliphatic rings. The minimum atomic E-state index is -0.204. The summed E-state index contributed by atoms with van der Waals surface area (Å²) in [5, 5.41) is 3.30. The molecule has 76 valence electrons. The van der Waals surface area contributed by atoms with Gasteiger partial charge in [0.2, 0.25) is 0 Å². The summed E-state index contributed by atoms with van der Waals surface area (Å²) in [5.74, 6) is -0.204. The maximum Gasteiger partial charge on any atom is 0.123 e. The minimum Gasteiger partial charge on any atom is -0.371 e. The molecule has 0 unspecified atom stereocenters. The van der Waals surface area contributed by atoms with Crippen molar-refractivity contribution in [3.63, 3.8) is 0 Å². The van der Waals surface area contributed by atoms with Gasteiger partial charge in [-0.05, 0) is 24.6 Å². The molecule has 0 aliphatic carbocycles. The van der Waals surface area contributed by atoms with Gasteiger partial charge in [0.05, 0.1) is 12.7 Å². The lowest BCUT2D eigenvalue weighted by Gasteiger charge is -2.28. The van der Waals surface area contributed by atoms with Crippen molar-refractivity contribution in [2.24, 2.45) is 0 Å². The predicted octanol–water partition coefficient (Wildman–Crippen LogP) is 1.88. The van der Waals surface area contributed by atoms with Gasteiger partial charge < -0.3 is 10.1 Å². The standard InChI is InChI=1S/C11H14FNO/c1-8-7-14-11(6-13-8)9-3-2-4-10(12)5-9/h2-5,8,11,13H,6-7H2,1H3/t8-,11+/m1/s1. The highest BCUT2D eigenvalue weighted by atomic mass is 19.1. The number of halogens is 1. The van der Waals surface area contributed by atoms with E-state index in [1.807, 2.05) is 6.07 Å². The van der Waals surface area contributed by atoms with E-state index >= 15 is 0 Å². The van der Waals surface area contributed by atoms with E-state index in [1.165, 1.54) is 12.1 Å². The zero-order valence-electron chi connectivity index (χ0n) is 8.16. The molecule has 2 atom stereocenters. The quantitative estimate of drug-likeness (QED) is 0.738. The highest BCUT2D eigenvalue weighted by molar-refractivity contribution is 5.19. The van der Waals surface area contributed by atoms with Crippen LogP contribution in [0.15, 0.2) is 24.3 Å². The first-order chi connectivity index (χ1) is 6.75. The van der Waals surface area contributed by atoms with Crippen molar-refractivity contribution in [1.82, 2.24) is 5.32 Å². The lowest BCUT2D eigenvalue weighted by atomic mass is 10.1. The molecule has 1 N–H and O–H groups in total. The molecule has 2 nitrogen and oxygen atoms in total. The van der Waals surface area contributed by atoms with E-state index < -0.39 is 0 Å². The van der Waals surface area contributed by atoms with E-state index in [2.05, 4.69) is 12.2 Å². The van der Waals surface area contributed by atoms with Gasteiger partial charge in [0.25, 0.3) is 0 Å².